The Bertz CT molecular complexity index is 544. The molecule has 0 radical (unpaired) electrons. The molecule has 1 amide bonds. The van der Waals surface area contributed by atoms with Gasteiger partial charge in [0.05, 0.1) is 12.2 Å². The molecule has 2 bridgehead atoms. The first-order chi connectivity index (χ1) is 10.8. The van der Waals surface area contributed by atoms with Gasteiger partial charge in [0.2, 0.25) is 0 Å². The molecule has 2 N–H and O–H groups in total. The highest BCUT2D eigenvalue weighted by atomic mass is 16.5. The molecule has 3 fully saturated rings. The first-order valence-corrected chi connectivity index (χ1v) is 8.56. The molecule has 118 valence electrons. The number of hydrogen-bond acceptors (Lipinski definition) is 3. The fourth-order valence-electron chi connectivity index (χ4n) is 3.71. The van der Waals surface area contributed by atoms with Crippen LogP contribution >= 0.6 is 0 Å². The van der Waals surface area contributed by atoms with Gasteiger partial charge in [-0.1, -0.05) is 12.1 Å². The van der Waals surface area contributed by atoms with E-state index in [9.17, 15) is 4.79 Å². The molecule has 0 spiro atoms. The summed E-state index contributed by atoms with van der Waals surface area (Å²) in [5.74, 6) is 1.43. The molecule has 2 atom stereocenters. The summed E-state index contributed by atoms with van der Waals surface area (Å²) >= 11 is 0. The van der Waals surface area contributed by atoms with Crippen LogP contribution in [0.25, 0.3) is 0 Å². The average Bonchev–Trinajstić information content (AvgIpc) is 3.30. The standard InChI is InChI=1S/C18H24N2O2/c21-18(20-15-9-13-7-8-14(10-15)19-13)16-3-1-2-4-17(16)22-11-12-5-6-12/h1-4,12-15,19H,5-11H2,(H,20,21). The molecule has 4 rings (SSSR count). The van der Waals surface area contributed by atoms with Gasteiger partial charge in [-0.15, -0.1) is 0 Å². The van der Waals surface area contributed by atoms with Gasteiger partial charge in [-0.05, 0) is 56.6 Å². The van der Waals surface area contributed by atoms with Crippen molar-refractivity contribution in [3.05, 3.63) is 29.8 Å². The zero-order chi connectivity index (χ0) is 14.9. The van der Waals surface area contributed by atoms with E-state index in [1.165, 1.54) is 25.7 Å². The van der Waals surface area contributed by atoms with Crippen molar-refractivity contribution in [2.45, 2.75) is 56.7 Å². The Kier molecular flexibility index (Phi) is 3.78. The summed E-state index contributed by atoms with van der Waals surface area (Å²) in [6.07, 6.45) is 7.11. The van der Waals surface area contributed by atoms with Crippen LogP contribution in [0.15, 0.2) is 24.3 Å². The van der Waals surface area contributed by atoms with Gasteiger partial charge in [0.15, 0.2) is 0 Å². The largest absolute Gasteiger partial charge is 0.492 e. The molecule has 1 aromatic rings. The summed E-state index contributed by atoms with van der Waals surface area (Å²) in [4.78, 5) is 12.6. The van der Waals surface area contributed by atoms with E-state index in [0.717, 1.165) is 25.2 Å². The van der Waals surface area contributed by atoms with Gasteiger partial charge in [0.25, 0.3) is 5.91 Å². The highest BCUT2D eigenvalue weighted by molar-refractivity contribution is 5.97. The van der Waals surface area contributed by atoms with Crippen molar-refractivity contribution in [2.24, 2.45) is 5.92 Å². The monoisotopic (exact) mass is 300 g/mol. The Hall–Kier alpha value is -1.55. The van der Waals surface area contributed by atoms with Crippen LogP contribution in [0.5, 0.6) is 5.75 Å². The van der Waals surface area contributed by atoms with Gasteiger partial charge in [-0.3, -0.25) is 4.79 Å². The first kappa shape index (κ1) is 14.1. The second kappa shape index (κ2) is 5.92. The van der Waals surface area contributed by atoms with Gasteiger partial charge < -0.3 is 15.4 Å². The highest BCUT2D eigenvalue weighted by Crippen LogP contribution is 2.31. The third kappa shape index (κ3) is 3.12. The minimum Gasteiger partial charge on any atom is -0.492 e. The molecule has 2 aliphatic heterocycles. The van der Waals surface area contributed by atoms with Crippen molar-refractivity contribution in [3.8, 4) is 5.75 Å². The van der Waals surface area contributed by atoms with Crippen LogP contribution in [0, 0.1) is 5.92 Å². The van der Waals surface area contributed by atoms with E-state index in [-0.39, 0.29) is 5.91 Å². The van der Waals surface area contributed by atoms with Crippen LogP contribution in [0.3, 0.4) is 0 Å². The van der Waals surface area contributed by atoms with Crippen molar-refractivity contribution in [1.29, 1.82) is 0 Å². The SMILES string of the molecule is O=C(NC1CC2CCC(C1)N2)c1ccccc1OCC1CC1. The van der Waals surface area contributed by atoms with E-state index >= 15 is 0 Å². The molecular weight excluding hydrogens is 276 g/mol. The molecule has 0 aromatic heterocycles. The van der Waals surface area contributed by atoms with E-state index in [1.807, 2.05) is 24.3 Å². The predicted molar refractivity (Wildman–Crippen MR) is 85.1 cm³/mol. The summed E-state index contributed by atoms with van der Waals surface area (Å²) in [5, 5.41) is 6.83. The molecule has 3 aliphatic rings. The van der Waals surface area contributed by atoms with Crippen LogP contribution in [-0.2, 0) is 0 Å². The van der Waals surface area contributed by atoms with Gasteiger partial charge in [0.1, 0.15) is 5.75 Å². The predicted octanol–water partition coefficient (Wildman–Crippen LogP) is 2.49. The fraction of sp³-hybridized carbons (Fsp3) is 0.611. The van der Waals surface area contributed by atoms with Gasteiger partial charge in [-0.2, -0.15) is 0 Å². The summed E-state index contributed by atoms with van der Waals surface area (Å²) in [6.45, 7) is 0.738. The van der Waals surface area contributed by atoms with E-state index < -0.39 is 0 Å². The van der Waals surface area contributed by atoms with E-state index in [0.29, 0.717) is 29.6 Å². The lowest BCUT2D eigenvalue weighted by Gasteiger charge is -2.29. The third-order valence-corrected chi connectivity index (χ3v) is 5.11. The number of ether oxygens (including phenoxy) is 1. The lowest BCUT2D eigenvalue weighted by molar-refractivity contribution is 0.0919. The minimum atomic E-state index is 0.0118. The van der Waals surface area contributed by atoms with Crippen molar-refractivity contribution >= 4 is 5.91 Å². The molecule has 2 heterocycles. The summed E-state index contributed by atoms with van der Waals surface area (Å²) in [7, 11) is 0. The number of nitrogens with one attached hydrogen (secondary N) is 2. The Morgan fingerprint density at radius 1 is 1.14 bits per heavy atom. The fourth-order valence-corrected chi connectivity index (χ4v) is 3.71. The molecular formula is C18H24N2O2. The lowest BCUT2D eigenvalue weighted by atomic mass is 9.99. The Morgan fingerprint density at radius 3 is 2.59 bits per heavy atom. The van der Waals surface area contributed by atoms with Crippen LogP contribution in [0.1, 0.15) is 48.9 Å². The minimum absolute atomic E-state index is 0.0118. The normalized spacial score (nSPS) is 30.1. The van der Waals surface area contributed by atoms with Crippen LogP contribution in [-0.4, -0.2) is 30.6 Å². The summed E-state index contributed by atoms with van der Waals surface area (Å²) < 4.78 is 5.85. The molecule has 22 heavy (non-hydrogen) atoms. The molecule has 2 saturated heterocycles. The second-order valence-electron chi connectivity index (χ2n) is 7.03. The molecule has 2 unspecified atom stereocenters. The number of hydrogen-bond donors (Lipinski definition) is 2. The first-order valence-electron chi connectivity index (χ1n) is 8.56. The zero-order valence-corrected chi connectivity index (χ0v) is 12.9. The van der Waals surface area contributed by atoms with Gasteiger partial charge in [0, 0.05) is 18.1 Å². The number of amides is 1. The van der Waals surface area contributed by atoms with Crippen molar-refractivity contribution in [1.82, 2.24) is 10.6 Å². The number of rotatable bonds is 5. The van der Waals surface area contributed by atoms with E-state index in [1.54, 1.807) is 0 Å². The molecule has 1 saturated carbocycles. The molecule has 4 heteroatoms. The van der Waals surface area contributed by atoms with E-state index in [4.69, 9.17) is 4.74 Å². The Labute approximate surface area is 131 Å². The Balaban J connectivity index is 1.41. The third-order valence-electron chi connectivity index (χ3n) is 5.11. The summed E-state index contributed by atoms with van der Waals surface area (Å²) in [6, 6.07) is 9.09. The number of piperidine rings is 1. The number of benzene rings is 1. The van der Waals surface area contributed by atoms with Gasteiger partial charge in [-0.25, -0.2) is 0 Å². The smallest absolute Gasteiger partial charge is 0.255 e. The van der Waals surface area contributed by atoms with Crippen LogP contribution < -0.4 is 15.4 Å². The zero-order valence-electron chi connectivity index (χ0n) is 12.9. The van der Waals surface area contributed by atoms with Crippen molar-refractivity contribution < 1.29 is 9.53 Å². The number of carbonyl (C=O) groups is 1. The second-order valence-corrected chi connectivity index (χ2v) is 7.03. The van der Waals surface area contributed by atoms with Crippen LogP contribution in [0.2, 0.25) is 0 Å². The maximum Gasteiger partial charge on any atom is 0.255 e. The molecule has 4 nitrogen and oxygen atoms in total. The lowest BCUT2D eigenvalue weighted by Crippen LogP contribution is -2.48. The van der Waals surface area contributed by atoms with Gasteiger partial charge >= 0.3 is 0 Å². The maximum absolute atomic E-state index is 12.6. The summed E-state index contributed by atoms with van der Waals surface area (Å²) in [5.41, 5.74) is 0.675. The van der Waals surface area contributed by atoms with Crippen molar-refractivity contribution in [3.63, 3.8) is 0 Å². The van der Waals surface area contributed by atoms with E-state index in [2.05, 4.69) is 10.6 Å². The quantitative estimate of drug-likeness (QED) is 0.878. The molecule has 1 aromatic carbocycles. The number of fused-ring (bicyclic) bond motifs is 2. The average molecular weight is 300 g/mol. The number of para-hydroxylation sites is 1. The van der Waals surface area contributed by atoms with Crippen LogP contribution in [0.4, 0.5) is 0 Å². The Morgan fingerprint density at radius 2 is 1.86 bits per heavy atom. The topological polar surface area (TPSA) is 50.4 Å². The van der Waals surface area contributed by atoms with Crippen molar-refractivity contribution in [2.75, 3.05) is 6.61 Å². The maximum atomic E-state index is 12.6. The molecule has 1 aliphatic carbocycles. The number of carbonyl (C=O) groups excluding carboxylic acids is 1. The highest BCUT2D eigenvalue weighted by Gasteiger charge is 2.34.